The summed E-state index contributed by atoms with van der Waals surface area (Å²) in [6.07, 6.45) is 4.67. The molecule has 0 spiro atoms. The third-order valence-electron chi connectivity index (χ3n) is 2.92. The molecule has 0 aliphatic rings. The summed E-state index contributed by atoms with van der Waals surface area (Å²) in [6.45, 7) is 4.98. The molecule has 0 saturated heterocycles. The minimum absolute atomic E-state index is 0.346. The Balaban J connectivity index is 2.47. The van der Waals surface area contributed by atoms with Gasteiger partial charge in [0.15, 0.2) is 0 Å². The van der Waals surface area contributed by atoms with E-state index in [0.717, 1.165) is 12.8 Å². The van der Waals surface area contributed by atoms with E-state index in [1.165, 1.54) is 25.0 Å². The van der Waals surface area contributed by atoms with Gasteiger partial charge in [-0.1, -0.05) is 33.1 Å². The number of benzene rings is 1. The number of halogens is 1. The minimum Gasteiger partial charge on any atom is -0.493 e. The molecule has 96 valence electrons. The number of unbranched alkanes of at least 4 members (excludes halogenated alkanes) is 1. The lowest BCUT2D eigenvalue weighted by molar-refractivity contribution is 0.232. The van der Waals surface area contributed by atoms with Crippen LogP contribution in [0.15, 0.2) is 18.2 Å². The minimum atomic E-state index is -0.346. The molecule has 0 fully saturated rings. The van der Waals surface area contributed by atoms with Gasteiger partial charge >= 0.3 is 0 Å². The van der Waals surface area contributed by atoms with Crippen LogP contribution < -0.4 is 10.5 Å². The number of hydrogen-bond donors (Lipinski definition) is 1. The summed E-state index contributed by atoms with van der Waals surface area (Å²) < 4.78 is 18.7. The lowest BCUT2D eigenvalue weighted by atomic mass is 10.0. The van der Waals surface area contributed by atoms with Crippen LogP contribution in [0.5, 0.6) is 5.75 Å². The van der Waals surface area contributed by atoms with Crippen molar-refractivity contribution in [2.45, 2.75) is 39.5 Å². The molecular formula is C14H22FNO. The van der Waals surface area contributed by atoms with E-state index in [0.29, 0.717) is 24.0 Å². The van der Waals surface area contributed by atoms with E-state index in [1.54, 1.807) is 6.07 Å². The molecule has 0 saturated carbocycles. The number of ether oxygens (including phenoxy) is 1. The average molecular weight is 239 g/mol. The monoisotopic (exact) mass is 239 g/mol. The van der Waals surface area contributed by atoms with E-state index < -0.39 is 0 Å². The van der Waals surface area contributed by atoms with Crippen LogP contribution in [0.1, 0.15) is 39.5 Å². The fourth-order valence-electron chi connectivity index (χ4n) is 1.78. The van der Waals surface area contributed by atoms with Gasteiger partial charge in [-0.25, -0.2) is 4.39 Å². The van der Waals surface area contributed by atoms with Crippen LogP contribution in [0.25, 0.3) is 0 Å². The van der Waals surface area contributed by atoms with Gasteiger partial charge in [0, 0.05) is 17.8 Å². The molecule has 0 aromatic heterocycles. The molecule has 0 heterocycles. The second kappa shape index (κ2) is 7.15. The van der Waals surface area contributed by atoms with Gasteiger partial charge in [-0.15, -0.1) is 0 Å². The molecule has 0 aliphatic carbocycles. The highest BCUT2D eigenvalue weighted by atomic mass is 19.1. The second-order valence-corrected chi connectivity index (χ2v) is 4.45. The Kier molecular flexibility index (Phi) is 5.81. The molecule has 1 unspecified atom stereocenters. The molecule has 1 aromatic rings. The number of hydrogen-bond acceptors (Lipinski definition) is 2. The van der Waals surface area contributed by atoms with Crippen LogP contribution in [0.3, 0.4) is 0 Å². The molecule has 0 radical (unpaired) electrons. The van der Waals surface area contributed by atoms with Gasteiger partial charge in [-0.3, -0.25) is 0 Å². The van der Waals surface area contributed by atoms with Gasteiger partial charge in [-0.2, -0.15) is 0 Å². The van der Waals surface area contributed by atoms with E-state index in [9.17, 15) is 4.39 Å². The van der Waals surface area contributed by atoms with E-state index in [2.05, 4.69) is 13.8 Å². The van der Waals surface area contributed by atoms with Crippen LogP contribution in [0.4, 0.5) is 10.1 Å². The first-order chi connectivity index (χ1) is 8.15. The SMILES string of the molecule is CCCCC(CC)COc1cc(N)cc(F)c1. The standard InChI is InChI=1S/C14H22FNO/c1-3-5-6-11(4-2)10-17-14-8-12(15)7-13(16)9-14/h7-9,11H,3-6,10,16H2,1-2H3. The molecular weight excluding hydrogens is 217 g/mol. The third kappa shape index (κ3) is 5.07. The zero-order valence-corrected chi connectivity index (χ0v) is 10.7. The zero-order chi connectivity index (χ0) is 12.7. The molecule has 2 N–H and O–H groups in total. The zero-order valence-electron chi connectivity index (χ0n) is 10.7. The lowest BCUT2D eigenvalue weighted by Crippen LogP contribution is -2.11. The molecule has 0 bridgehead atoms. The van der Waals surface area contributed by atoms with Gasteiger partial charge < -0.3 is 10.5 Å². The predicted octanol–water partition coefficient (Wildman–Crippen LogP) is 4.00. The Bertz CT molecular complexity index is 321. The highest BCUT2D eigenvalue weighted by Gasteiger charge is 2.07. The lowest BCUT2D eigenvalue weighted by Gasteiger charge is -2.15. The first-order valence-corrected chi connectivity index (χ1v) is 6.34. The van der Waals surface area contributed by atoms with Gasteiger partial charge in [0.05, 0.1) is 6.61 Å². The quantitative estimate of drug-likeness (QED) is 0.730. The van der Waals surface area contributed by atoms with Crippen LogP contribution in [0.2, 0.25) is 0 Å². The summed E-state index contributed by atoms with van der Waals surface area (Å²) in [7, 11) is 0. The molecule has 0 aliphatic heterocycles. The van der Waals surface area contributed by atoms with Gasteiger partial charge in [0.2, 0.25) is 0 Å². The van der Waals surface area contributed by atoms with Crippen LogP contribution in [-0.4, -0.2) is 6.61 Å². The Hall–Kier alpha value is -1.25. The molecule has 1 atom stereocenters. The van der Waals surface area contributed by atoms with Crippen molar-refractivity contribution in [3.05, 3.63) is 24.0 Å². The van der Waals surface area contributed by atoms with Crippen molar-refractivity contribution in [1.29, 1.82) is 0 Å². The van der Waals surface area contributed by atoms with Crippen LogP contribution in [-0.2, 0) is 0 Å². The largest absolute Gasteiger partial charge is 0.493 e. The summed E-state index contributed by atoms with van der Waals surface area (Å²) in [5.41, 5.74) is 5.96. The van der Waals surface area contributed by atoms with Crippen LogP contribution >= 0.6 is 0 Å². The topological polar surface area (TPSA) is 35.2 Å². The van der Waals surface area contributed by atoms with Gasteiger partial charge in [0.1, 0.15) is 11.6 Å². The number of anilines is 1. The molecule has 2 nitrogen and oxygen atoms in total. The van der Waals surface area contributed by atoms with E-state index in [4.69, 9.17) is 10.5 Å². The molecule has 1 aromatic carbocycles. The third-order valence-corrected chi connectivity index (χ3v) is 2.92. The van der Waals surface area contributed by atoms with Crippen molar-refractivity contribution in [2.75, 3.05) is 12.3 Å². The molecule has 17 heavy (non-hydrogen) atoms. The Morgan fingerprint density at radius 2 is 2.06 bits per heavy atom. The molecule has 3 heteroatoms. The summed E-state index contributed by atoms with van der Waals surface area (Å²) >= 11 is 0. The first-order valence-electron chi connectivity index (χ1n) is 6.34. The Morgan fingerprint density at radius 3 is 2.65 bits per heavy atom. The molecule has 0 amide bonds. The summed E-state index contributed by atoms with van der Waals surface area (Å²) in [6, 6.07) is 4.33. The van der Waals surface area contributed by atoms with E-state index >= 15 is 0 Å². The van der Waals surface area contributed by atoms with Crippen molar-refractivity contribution in [3.8, 4) is 5.75 Å². The van der Waals surface area contributed by atoms with Crippen LogP contribution in [0, 0.1) is 11.7 Å². The summed E-state index contributed by atoms with van der Waals surface area (Å²) in [5, 5.41) is 0. The van der Waals surface area contributed by atoms with Crippen molar-refractivity contribution in [2.24, 2.45) is 5.92 Å². The number of rotatable bonds is 7. The summed E-state index contributed by atoms with van der Waals surface area (Å²) in [5.74, 6) is 0.721. The van der Waals surface area contributed by atoms with E-state index in [1.807, 2.05) is 0 Å². The fraction of sp³-hybridized carbons (Fsp3) is 0.571. The highest BCUT2D eigenvalue weighted by Crippen LogP contribution is 2.20. The normalized spacial score (nSPS) is 12.4. The van der Waals surface area contributed by atoms with Gasteiger partial charge in [0.25, 0.3) is 0 Å². The number of nitrogen functional groups attached to an aromatic ring is 1. The first kappa shape index (κ1) is 13.8. The number of nitrogens with two attached hydrogens (primary N) is 1. The fourth-order valence-corrected chi connectivity index (χ4v) is 1.78. The van der Waals surface area contributed by atoms with E-state index in [-0.39, 0.29) is 5.82 Å². The maximum Gasteiger partial charge on any atom is 0.128 e. The van der Waals surface area contributed by atoms with Crippen molar-refractivity contribution >= 4 is 5.69 Å². The second-order valence-electron chi connectivity index (χ2n) is 4.45. The maximum absolute atomic E-state index is 13.1. The predicted molar refractivity (Wildman–Crippen MR) is 69.6 cm³/mol. The van der Waals surface area contributed by atoms with Crippen molar-refractivity contribution in [1.82, 2.24) is 0 Å². The Labute approximate surface area is 103 Å². The maximum atomic E-state index is 13.1. The Morgan fingerprint density at radius 1 is 1.29 bits per heavy atom. The summed E-state index contributed by atoms with van der Waals surface area (Å²) in [4.78, 5) is 0. The van der Waals surface area contributed by atoms with Gasteiger partial charge in [-0.05, 0) is 18.4 Å². The highest BCUT2D eigenvalue weighted by molar-refractivity contribution is 5.44. The van der Waals surface area contributed by atoms with Crippen molar-refractivity contribution < 1.29 is 9.13 Å². The smallest absolute Gasteiger partial charge is 0.128 e. The van der Waals surface area contributed by atoms with Crippen molar-refractivity contribution in [3.63, 3.8) is 0 Å². The average Bonchev–Trinajstić information content (AvgIpc) is 2.28. The molecule has 1 rings (SSSR count).